The maximum Gasteiger partial charge on any atom is 0.260 e. The Bertz CT molecular complexity index is 886. The van der Waals surface area contributed by atoms with Crippen molar-refractivity contribution in [3.8, 4) is 0 Å². The molecule has 0 aliphatic carbocycles. The van der Waals surface area contributed by atoms with Crippen LogP contribution in [0.3, 0.4) is 0 Å². The maximum atomic E-state index is 12.3. The highest BCUT2D eigenvalue weighted by atomic mass is 31.2. The summed E-state index contributed by atoms with van der Waals surface area (Å²) in [5, 5.41) is 0.579. The molecule has 1 N–H and O–H groups in total. The van der Waals surface area contributed by atoms with Crippen LogP contribution in [0, 0.1) is 12.8 Å². The first-order valence-corrected chi connectivity index (χ1v) is 12.2. The van der Waals surface area contributed by atoms with Crippen LogP contribution in [-0.2, 0) is 9.26 Å². The molecule has 170 valence electrons. The number of nitrogens with zero attached hydrogens (tertiary/aromatic N) is 3. The van der Waals surface area contributed by atoms with Gasteiger partial charge in [0, 0.05) is 24.2 Å². The van der Waals surface area contributed by atoms with Crippen LogP contribution in [0.4, 0.5) is 0 Å². The smallest absolute Gasteiger partial charge is 0.260 e. The van der Waals surface area contributed by atoms with Crippen molar-refractivity contribution in [2.75, 3.05) is 6.66 Å². The van der Waals surface area contributed by atoms with Gasteiger partial charge in [-0.3, -0.25) is 9.46 Å². The lowest BCUT2D eigenvalue weighted by atomic mass is 9.99. The fourth-order valence-electron chi connectivity index (χ4n) is 4.53. The number of fused-ring (bicyclic) bond motifs is 1. The lowest BCUT2D eigenvalue weighted by molar-refractivity contribution is -0.0284. The van der Waals surface area contributed by atoms with E-state index in [0.29, 0.717) is 28.9 Å². The van der Waals surface area contributed by atoms with Gasteiger partial charge in [0.1, 0.15) is 25.9 Å². The van der Waals surface area contributed by atoms with Gasteiger partial charge in [-0.1, -0.05) is 21.3 Å². The number of aromatic nitrogens is 3. The molecule has 0 aromatic carbocycles. The third-order valence-corrected chi connectivity index (χ3v) is 7.86. The number of hydrogen-bond donors (Lipinski definition) is 1. The van der Waals surface area contributed by atoms with E-state index in [1.54, 1.807) is 6.92 Å². The van der Waals surface area contributed by atoms with Gasteiger partial charge in [-0.2, -0.15) is 0 Å². The molecule has 3 heterocycles. The minimum Gasteiger partial charge on any atom is -0.352 e. The zero-order valence-electron chi connectivity index (χ0n) is 18.8. The fourth-order valence-corrected chi connectivity index (χ4v) is 6.59. The number of H-pyrrole nitrogens is 1. The first-order valence-electron chi connectivity index (χ1n) is 10.6. The number of aryl methyl sites for hydroxylation is 1. The summed E-state index contributed by atoms with van der Waals surface area (Å²) in [5.74, 6) is 0.846. The van der Waals surface area contributed by atoms with Crippen LogP contribution >= 0.6 is 8.30 Å². The Labute approximate surface area is 182 Å². The number of nitrogens with one attached hydrogen (secondary N) is 1. The van der Waals surface area contributed by atoms with E-state index in [4.69, 9.17) is 9.26 Å². The Morgan fingerprint density at radius 1 is 1.33 bits per heavy atom. The van der Waals surface area contributed by atoms with Gasteiger partial charge in [-0.25, -0.2) is 4.98 Å². The summed E-state index contributed by atoms with van der Waals surface area (Å²) in [5.41, 5.74) is 0.532. The third kappa shape index (κ3) is 4.64. The highest BCUT2D eigenvalue weighted by Crippen LogP contribution is 2.49. The third-order valence-electron chi connectivity index (χ3n) is 5.73. The average Bonchev–Trinajstić information content (AvgIpc) is 3.16. The molecule has 0 amide bonds. The molecule has 2 aromatic heterocycles. The minimum atomic E-state index is -0.791. The summed E-state index contributed by atoms with van der Waals surface area (Å²) >= 11 is 0. The molecule has 0 bridgehead atoms. The summed E-state index contributed by atoms with van der Waals surface area (Å²) in [6.45, 7) is 17.2. The molecule has 8 heteroatoms. The van der Waals surface area contributed by atoms with Gasteiger partial charge >= 0.3 is 0 Å². The lowest BCUT2D eigenvalue weighted by Gasteiger charge is -2.38. The summed E-state index contributed by atoms with van der Waals surface area (Å²) in [7, 11) is -0.791. The molecule has 0 spiro atoms. The van der Waals surface area contributed by atoms with Crippen molar-refractivity contribution in [1.29, 1.82) is 0 Å². The molecule has 0 radical (unpaired) electrons. The van der Waals surface area contributed by atoms with Crippen molar-refractivity contribution in [3.05, 3.63) is 28.4 Å². The van der Waals surface area contributed by atoms with Crippen LogP contribution in [0.15, 0.2) is 17.1 Å². The highest BCUT2D eigenvalue weighted by molar-refractivity contribution is 7.49. The predicted molar refractivity (Wildman–Crippen MR) is 125 cm³/mol. The van der Waals surface area contributed by atoms with Crippen LogP contribution in [0.2, 0.25) is 0 Å². The Morgan fingerprint density at radius 3 is 2.53 bits per heavy atom. The fraction of sp³-hybridized carbons (Fsp3) is 0.727. The van der Waals surface area contributed by atoms with Crippen LogP contribution in [0.1, 0.15) is 67.4 Å². The Balaban J connectivity index is 0.00000320. The lowest BCUT2D eigenvalue weighted by Crippen LogP contribution is -2.35. The second kappa shape index (κ2) is 9.90. The topological polar surface area (TPSA) is 72.4 Å². The zero-order chi connectivity index (χ0) is 21.5. The largest absolute Gasteiger partial charge is 0.352 e. The summed E-state index contributed by atoms with van der Waals surface area (Å²) < 4.78 is 17.6. The van der Waals surface area contributed by atoms with Crippen molar-refractivity contribution in [2.24, 2.45) is 5.92 Å². The van der Waals surface area contributed by atoms with E-state index in [-0.39, 0.29) is 37.3 Å². The Hall–Kier alpha value is -1.27. The van der Waals surface area contributed by atoms with Gasteiger partial charge in [-0.15, -0.1) is 0 Å². The molecule has 3 rings (SSSR count). The normalized spacial score (nSPS) is 25.4. The van der Waals surface area contributed by atoms with Gasteiger partial charge in [-0.05, 0) is 53.8 Å². The van der Waals surface area contributed by atoms with Gasteiger partial charge in [0.25, 0.3) is 5.56 Å². The SMILES string of the molecule is C.CC[C@H]1O[C@@H](n2ccc3c(=O)[nH]c(C)nc32)C(OP(C)N(C(C)C)C(C)C)[C@H]1C. The molecule has 5 atom stereocenters. The summed E-state index contributed by atoms with van der Waals surface area (Å²) in [6, 6.07) is 2.62. The summed E-state index contributed by atoms with van der Waals surface area (Å²) in [6.07, 6.45) is 2.53. The minimum absolute atomic E-state index is 0. The van der Waals surface area contributed by atoms with E-state index >= 15 is 0 Å². The molecule has 1 aliphatic rings. The monoisotopic (exact) mass is 438 g/mol. The Kier molecular flexibility index (Phi) is 8.25. The van der Waals surface area contributed by atoms with Gasteiger partial charge in [0.2, 0.25) is 0 Å². The second-order valence-electron chi connectivity index (χ2n) is 8.55. The van der Waals surface area contributed by atoms with Crippen molar-refractivity contribution in [2.45, 2.75) is 92.8 Å². The number of rotatable bonds is 7. The highest BCUT2D eigenvalue weighted by Gasteiger charge is 2.45. The molecule has 1 fully saturated rings. The van der Waals surface area contributed by atoms with Gasteiger partial charge < -0.3 is 18.8 Å². The molecule has 2 aromatic rings. The van der Waals surface area contributed by atoms with Crippen LogP contribution in [0.5, 0.6) is 0 Å². The van der Waals surface area contributed by atoms with Crippen molar-refractivity contribution < 1.29 is 9.26 Å². The zero-order valence-corrected chi connectivity index (χ0v) is 19.7. The van der Waals surface area contributed by atoms with E-state index in [1.165, 1.54) is 0 Å². The molecule has 2 unspecified atom stereocenters. The van der Waals surface area contributed by atoms with Gasteiger partial charge in [0.05, 0.1) is 11.5 Å². The number of aromatic amines is 1. The van der Waals surface area contributed by atoms with E-state index in [0.717, 1.165) is 6.42 Å². The van der Waals surface area contributed by atoms with Crippen molar-refractivity contribution in [1.82, 2.24) is 19.2 Å². The first-order chi connectivity index (χ1) is 13.6. The Morgan fingerprint density at radius 2 is 1.97 bits per heavy atom. The molecule has 7 nitrogen and oxygen atoms in total. The molecule has 1 saturated heterocycles. The summed E-state index contributed by atoms with van der Waals surface area (Å²) in [4.78, 5) is 19.7. The quantitative estimate of drug-likeness (QED) is 0.612. The number of ether oxygens (including phenoxy) is 1. The molecular formula is C22H39N4O3P. The molecule has 1 aliphatic heterocycles. The maximum absolute atomic E-state index is 12.3. The van der Waals surface area contributed by atoms with Crippen LogP contribution in [-0.4, -0.2) is 50.2 Å². The molecular weight excluding hydrogens is 399 g/mol. The number of hydrogen-bond acceptors (Lipinski definition) is 5. The van der Waals surface area contributed by atoms with Crippen LogP contribution < -0.4 is 5.56 Å². The van der Waals surface area contributed by atoms with Crippen molar-refractivity contribution in [3.63, 3.8) is 0 Å². The van der Waals surface area contributed by atoms with E-state index in [1.807, 2.05) is 16.8 Å². The molecule has 0 saturated carbocycles. The standard InChI is InChI=1S/C21H35N4O3P.CH4/c1-9-17-14(6)18(28-29(8)25(12(2)3)13(4)5)21(27-17)24-11-10-16-19(24)22-15(7)23-20(16)26;/h10-14,17-18,21H,9H2,1-8H3,(H,22,23,26);1H4/t14-,17+,18?,21+,29?;/m0./s1. The van der Waals surface area contributed by atoms with E-state index in [2.05, 4.69) is 62.8 Å². The first kappa shape index (κ1) is 25.0. The second-order valence-corrected chi connectivity index (χ2v) is 10.1. The predicted octanol–water partition coefficient (Wildman–Crippen LogP) is 5.06. The van der Waals surface area contributed by atoms with E-state index < -0.39 is 8.30 Å². The van der Waals surface area contributed by atoms with E-state index in [9.17, 15) is 4.79 Å². The van der Waals surface area contributed by atoms with Crippen LogP contribution in [0.25, 0.3) is 11.0 Å². The van der Waals surface area contributed by atoms with Gasteiger partial charge in [0.15, 0.2) is 6.23 Å². The van der Waals surface area contributed by atoms with Crippen molar-refractivity contribution >= 4 is 19.3 Å². The average molecular weight is 439 g/mol. The molecule has 30 heavy (non-hydrogen) atoms.